The number of benzene rings is 1. The van der Waals surface area contributed by atoms with E-state index in [0.717, 1.165) is 11.0 Å². The van der Waals surface area contributed by atoms with E-state index in [2.05, 4.69) is 20.3 Å². The maximum atomic E-state index is 11.9. The zero-order valence-electron chi connectivity index (χ0n) is 9.47. The van der Waals surface area contributed by atoms with Crippen LogP contribution in [0.4, 0.5) is 5.95 Å². The van der Waals surface area contributed by atoms with E-state index in [1.165, 1.54) is 0 Å². The van der Waals surface area contributed by atoms with E-state index < -0.39 is 0 Å². The van der Waals surface area contributed by atoms with Crippen LogP contribution >= 0.6 is 0 Å². The highest BCUT2D eigenvalue weighted by atomic mass is 16.1. The van der Waals surface area contributed by atoms with Gasteiger partial charge in [-0.2, -0.15) is 0 Å². The SMILES string of the molecule is O=C(Nc1nc2ccccc2[nH]1)c1cc[nH+]cc1. The molecule has 0 radical (unpaired) electrons. The molecule has 18 heavy (non-hydrogen) atoms. The Labute approximate surface area is 103 Å². The van der Waals surface area contributed by atoms with Gasteiger partial charge in [0.2, 0.25) is 5.95 Å². The maximum Gasteiger partial charge on any atom is 0.258 e. The molecule has 3 aromatic rings. The van der Waals surface area contributed by atoms with Crippen LogP contribution in [-0.2, 0) is 0 Å². The van der Waals surface area contributed by atoms with Gasteiger partial charge in [-0.1, -0.05) is 12.1 Å². The first-order chi connectivity index (χ1) is 8.83. The molecule has 5 nitrogen and oxygen atoms in total. The highest BCUT2D eigenvalue weighted by Crippen LogP contribution is 2.13. The summed E-state index contributed by atoms with van der Waals surface area (Å²) in [4.78, 5) is 22.1. The third kappa shape index (κ3) is 1.93. The summed E-state index contributed by atoms with van der Waals surface area (Å²) in [7, 11) is 0. The molecule has 1 amide bonds. The van der Waals surface area contributed by atoms with Crippen LogP contribution in [0.1, 0.15) is 10.4 Å². The second-order valence-electron chi connectivity index (χ2n) is 3.85. The van der Waals surface area contributed by atoms with E-state index in [9.17, 15) is 4.79 Å². The molecule has 2 heterocycles. The van der Waals surface area contributed by atoms with Crippen LogP contribution in [0.3, 0.4) is 0 Å². The lowest BCUT2D eigenvalue weighted by Gasteiger charge is -1.99. The molecule has 3 N–H and O–H groups in total. The van der Waals surface area contributed by atoms with Crippen LogP contribution in [-0.4, -0.2) is 15.9 Å². The van der Waals surface area contributed by atoms with Crippen molar-refractivity contribution in [3.63, 3.8) is 0 Å². The van der Waals surface area contributed by atoms with Gasteiger partial charge < -0.3 is 4.98 Å². The van der Waals surface area contributed by atoms with Crippen molar-refractivity contribution in [2.24, 2.45) is 0 Å². The lowest BCUT2D eigenvalue weighted by Crippen LogP contribution is -2.14. The van der Waals surface area contributed by atoms with Gasteiger partial charge in [0, 0.05) is 12.1 Å². The number of anilines is 1. The van der Waals surface area contributed by atoms with Crippen molar-refractivity contribution in [1.82, 2.24) is 9.97 Å². The average Bonchev–Trinajstić information content (AvgIpc) is 2.82. The van der Waals surface area contributed by atoms with Gasteiger partial charge in [-0.15, -0.1) is 0 Å². The fourth-order valence-corrected chi connectivity index (χ4v) is 1.73. The third-order valence-electron chi connectivity index (χ3n) is 2.60. The Hall–Kier alpha value is -2.69. The van der Waals surface area contributed by atoms with Crippen LogP contribution in [0.5, 0.6) is 0 Å². The van der Waals surface area contributed by atoms with Crippen LogP contribution in [0.2, 0.25) is 0 Å². The van der Waals surface area contributed by atoms with Crippen LogP contribution in [0.15, 0.2) is 48.8 Å². The fourth-order valence-electron chi connectivity index (χ4n) is 1.73. The van der Waals surface area contributed by atoms with Crippen molar-refractivity contribution in [2.75, 3.05) is 5.32 Å². The number of aromatic nitrogens is 3. The molecule has 0 atom stereocenters. The molecular formula is C13H11N4O+. The lowest BCUT2D eigenvalue weighted by molar-refractivity contribution is -0.378. The Bertz CT molecular complexity index is 657. The molecule has 0 saturated heterocycles. The monoisotopic (exact) mass is 239 g/mol. The van der Waals surface area contributed by atoms with Crippen molar-refractivity contribution in [3.8, 4) is 0 Å². The number of carbonyl (C=O) groups excluding carboxylic acids is 1. The molecule has 0 spiro atoms. The van der Waals surface area contributed by atoms with Crippen LogP contribution < -0.4 is 10.3 Å². The van der Waals surface area contributed by atoms with E-state index in [4.69, 9.17) is 0 Å². The lowest BCUT2D eigenvalue weighted by atomic mass is 10.2. The Kier molecular flexibility index (Phi) is 2.49. The van der Waals surface area contributed by atoms with Gasteiger partial charge in [0.15, 0.2) is 12.4 Å². The third-order valence-corrected chi connectivity index (χ3v) is 2.60. The minimum Gasteiger partial charge on any atom is -0.324 e. The van der Waals surface area contributed by atoms with Crippen molar-refractivity contribution in [2.45, 2.75) is 0 Å². The topological polar surface area (TPSA) is 71.9 Å². The van der Waals surface area contributed by atoms with E-state index in [1.807, 2.05) is 24.3 Å². The number of nitrogens with zero attached hydrogens (tertiary/aromatic N) is 1. The summed E-state index contributed by atoms with van der Waals surface area (Å²) in [5, 5.41) is 2.73. The summed E-state index contributed by atoms with van der Waals surface area (Å²) in [6.45, 7) is 0. The van der Waals surface area contributed by atoms with Gasteiger partial charge in [-0.05, 0) is 12.1 Å². The van der Waals surface area contributed by atoms with E-state index in [1.54, 1.807) is 24.5 Å². The second kappa shape index (κ2) is 4.29. The maximum absolute atomic E-state index is 11.9. The fraction of sp³-hybridized carbons (Fsp3) is 0. The standard InChI is InChI=1S/C13H10N4O/c18-12(9-5-7-14-8-6-9)17-13-15-10-3-1-2-4-11(10)16-13/h1-8H,(H2,15,16,17,18)/p+1. The minimum absolute atomic E-state index is 0.192. The quantitative estimate of drug-likeness (QED) is 0.713. The molecule has 5 heteroatoms. The number of hydrogen-bond donors (Lipinski definition) is 2. The largest absolute Gasteiger partial charge is 0.324 e. The smallest absolute Gasteiger partial charge is 0.258 e. The molecule has 88 valence electrons. The number of amides is 1. The predicted molar refractivity (Wildman–Crippen MR) is 67.0 cm³/mol. The van der Waals surface area contributed by atoms with E-state index in [-0.39, 0.29) is 5.91 Å². The van der Waals surface area contributed by atoms with E-state index in [0.29, 0.717) is 11.5 Å². The van der Waals surface area contributed by atoms with Gasteiger partial charge in [0.25, 0.3) is 5.91 Å². The first kappa shape index (κ1) is 10.5. The summed E-state index contributed by atoms with van der Waals surface area (Å²) in [6, 6.07) is 11.0. The van der Waals surface area contributed by atoms with Gasteiger partial charge >= 0.3 is 0 Å². The number of fused-ring (bicyclic) bond motifs is 1. The molecule has 0 saturated carbocycles. The highest BCUT2D eigenvalue weighted by molar-refractivity contribution is 6.03. The summed E-state index contributed by atoms with van der Waals surface area (Å²) in [6.07, 6.45) is 3.40. The first-order valence-corrected chi connectivity index (χ1v) is 5.55. The van der Waals surface area contributed by atoms with Crippen LogP contribution in [0, 0.1) is 0 Å². The number of imidazole rings is 1. The summed E-state index contributed by atoms with van der Waals surface area (Å²) in [5.74, 6) is 0.261. The average molecular weight is 239 g/mol. The Morgan fingerprint density at radius 1 is 1.17 bits per heavy atom. The zero-order valence-corrected chi connectivity index (χ0v) is 9.47. The Balaban J connectivity index is 1.86. The molecule has 1 aromatic carbocycles. The molecule has 0 aliphatic heterocycles. The molecule has 3 rings (SSSR count). The number of H-pyrrole nitrogens is 2. The number of aromatic amines is 2. The molecule has 2 aromatic heterocycles. The molecule has 0 aliphatic rings. The molecule has 0 fully saturated rings. The first-order valence-electron chi connectivity index (χ1n) is 5.55. The van der Waals surface area contributed by atoms with E-state index >= 15 is 0 Å². The summed E-state index contributed by atoms with van der Waals surface area (Å²) in [5.41, 5.74) is 2.30. The van der Waals surface area contributed by atoms with Gasteiger partial charge in [0.05, 0.1) is 16.6 Å². The number of nitrogens with one attached hydrogen (secondary N) is 3. The van der Waals surface area contributed by atoms with Gasteiger partial charge in [-0.25, -0.2) is 9.97 Å². The van der Waals surface area contributed by atoms with Crippen molar-refractivity contribution in [3.05, 3.63) is 54.4 Å². The number of pyridine rings is 1. The number of rotatable bonds is 2. The summed E-state index contributed by atoms with van der Waals surface area (Å²) < 4.78 is 0. The number of carbonyl (C=O) groups is 1. The predicted octanol–water partition coefficient (Wildman–Crippen LogP) is 1.63. The van der Waals surface area contributed by atoms with Crippen molar-refractivity contribution >= 4 is 22.9 Å². The molecule has 0 unspecified atom stereocenters. The second-order valence-corrected chi connectivity index (χ2v) is 3.85. The van der Waals surface area contributed by atoms with Crippen molar-refractivity contribution < 1.29 is 9.78 Å². The van der Waals surface area contributed by atoms with Gasteiger partial charge in [0.1, 0.15) is 0 Å². The molecule has 0 bridgehead atoms. The number of hydrogen-bond acceptors (Lipinski definition) is 2. The molecular weight excluding hydrogens is 228 g/mol. The Morgan fingerprint density at radius 3 is 2.72 bits per heavy atom. The Morgan fingerprint density at radius 2 is 1.94 bits per heavy atom. The minimum atomic E-state index is -0.192. The number of para-hydroxylation sites is 2. The normalized spacial score (nSPS) is 10.4. The molecule has 0 aliphatic carbocycles. The summed E-state index contributed by atoms with van der Waals surface area (Å²) >= 11 is 0. The van der Waals surface area contributed by atoms with Crippen LogP contribution in [0.25, 0.3) is 11.0 Å². The van der Waals surface area contributed by atoms with Crippen molar-refractivity contribution in [1.29, 1.82) is 0 Å². The highest BCUT2D eigenvalue weighted by Gasteiger charge is 2.09. The van der Waals surface area contributed by atoms with Gasteiger partial charge in [-0.3, -0.25) is 10.1 Å². The zero-order chi connectivity index (χ0) is 12.4.